The summed E-state index contributed by atoms with van der Waals surface area (Å²) in [6.45, 7) is 10.6. The number of hydrogen-bond donors (Lipinski definition) is 0. The van der Waals surface area contributed by atoms with E-state index in [4.69, 9.17) is 4.74 Å². The molecule has 0 radical (unpaired) electrons. The van der Waals surface area contributed by atoms with E-state index in [9.17, 15) is 4.79 Å². The zero-order valence-electron chi connectivity index (χ0n) is 14.3. The molecule has 2 rings (SSSR count). The number of nitrogens with zero attached hydrogens (tertiary/aromatic N) is 1. The van der Waals surface area contributed by atoms with Crippen LogP contribution in [0.25, 0.3) is 0 Å². The van der Waals surface area contributed by atoms with Crippen molar-refractivity contribution in [2.45, 2.75) is 44.0 Å². The summed E-state index contributed by atoms with van der Waals surface area (Å²) in [5.41, 5.74) is 1.31. The zero-order chi connectivity index (χ0) is 16.3. The zero-order valence-corrected chi connectivity index (χ0v) is 15.1. The van der Waals surface area contributed by atoms with Crippen molar-refractivity contribution in [1.82, 2.24) is 4.90 Å². The molecule has 0 spiro atoms. The Hall–Kier alpha value is -1.00. The van der Waals surface area contributed by atoms with Crippen LogP contribution >= 0.6 is 11.8 Å². The first-order valence-corrected chi connectivity index (χ1v) is 9.15. The van der Waals surface area contributed by atoms with E-state index in [0.29, 0.717) is 6.61 Å². The van der Waals surface area contributed by atoms with Crippen molar-refractivity contribution in [3.05, 3.63) is 29.8 Å². The van der Waals surface area contributed by atoms with Crippen molar-refractivity contribution >= 4 is 17.7 Å². The highest BCUT2D eigenvalue weighted by Crippen LogP contribution is 2.37. The molecule has 0 aliphatic carbocycles. The lowest BCUT2D eigenvalue weighted by molar-refractivity contribution is -0.148. The molecule has 0 bridgehead atoms. The summed E-state index contributed by atoms with van der Waals surface area (Å²) in [4.78, 5) is 16.0. The van der Waals surface area contributed by atoms with Crippen LogP contribution in [-0.2, 0) is 9.53 Å². The van der Waals surface area contributed by atoms with Crippen molar-refractivity contribution in [3.63, 3.8) is 0 Å². The van der Waals surface area contributed by atoms with Crippen molar-refractivity contribution in [3.8, 4) is 0 Å². The van der Waals surface area contributed by atoms with Gasteiger partial charge in [0.05, 0.1) is 12.5 Å². The molecule has 4 heteroatoms. The molecule has 3 nitrogen and oxygen atoms in total. The van der Waals surface area contributed by atoms with Gasteiger partial charge in [0.25, 0.3) is 0 Å². The van der Waals surface area contributed by atoms with Gasteiger partial charge in [-0.1, -0.05) is 12.1 Å². The number of ether oxygens (including phenoxy) is 1. The summed E-state index contributed by atoms with van der Waals surface area (Å²) in [7, 11) is 0. The largest absolute Gasteiger partial charge is 0.466 e. The quantitative estimate of drug-likeness (QED) is 0.623. The highest BCUT2D eigenvalue weighted by atomic mass is 32.2. The van der Waals surface area contributed by atoms with E-state index in [1.807, 2.05) is 6.92 Å². The van der Waals surface area contributed by atoms with Gasteiger partial charge < -0.3 is 4.74 Å². The van der Waals surface area contributed by atoms with Crippen LogP contribution in [0, 0.1) is 5.92 Å². The van der Waals surface area contributed by atoms with Gasteiger partial charge in [-0.3, -0.25) is 9.69 Å². The van der Waals surface area contributed by atoms with Crippen LogP contribution in [0.15, 0.2) is 29.2 Å². The molecule has 1 fully saturated rings. The number of carbonyl (C=O) groups is 1. The normalized spacial score (nSPS) is 22.8. The molecular weight excluding hydrogens is 294 g/mol. The summed E-state index contributed by atoms with van der Waals surface area (Å²) in [6, 6.07) is 8.60. The van der Waals surface area contributed by atoms with Crippen molar-refractivity contribution < 1.29 is 9.53 Å². The van der Waals surface area contributed by atoms with Crippen LogP contribution in [0.4, 0.5) is 0 Å². The Kier molecular flexibility index (Phi) is 5.56. The Morgan fingerprint density at radius 1 is 1.27 bits per heavy atom. The second kappa shape index (κ2) is 7.05. The molecule has 22 heavy (non-hydrogen) atoms. The minimum atomic E-state index is -0.0701. The predicted octanol–water partition coefficient (Wildman–Crippen LogP) is 3.79. The highest BCUT2D eigenvalue weighted by Gasteiger charge is 2.42. The molecule has 1 aromatic rings. The SMILES string of the molecule is CCOC(=O)[C@@H]1CN(C(C)(C)C)C[C@H]1c1ccc(SC)cc1. The number of carbonyl (C=O) groups excluding carboxylic acids is 1. The van der Waals surface area contributed by atoms with Crippen molar-refractivity contribution in [2.24, 2.45) is 5.92 Å². The van der Waals surface area contributed by atoms with Gasteiger partial charge in [-0.05, 0) is 51.6 Å². The van der Waals surface area contributed by atoms with Gasteiger partial charge in [-0.25, -0.2) is 0 Å². The summed E-state index contributed by atoms with van der Waals surface area (Å²) in [5.74, 6) is 0.0849. The monoisotopic (exact) mass is 321 g/mol. The third-order valence-electron chi connectivity index (χ3n) is 4.40. The molecule has 1 aliphatic heterocycles. The molecule has 0 saturated carbocycles. The highest BCUT2D eigenvalue weighted by molar-refractivity contribution is 7.98. The topological polar surface area (TPSA) is 29.5 Å². The number of rotatable bonds is 4. The van der Waals surface area contributed by atoms with Crippen LogP contribution in [-0.4, -0.2) is 42.4 Å². The number of thioether (sulfide) groups is 1. The van der Waals surface area contributed by atoms with Gasteiger partial charge in [0.15, 0.2) is 0 Å². The maximum atomic E-state index is 12.4. The molecule has 0 amide bonds. The first-order chi connectivity index (χ1) is 10.4. The molecule has 0 unspecified atom stereocenters. The Morgan fingerprint density at radius 2 is 1.91 bits per heavy atom. The minimum absolute atomic E-state index is 0.0619. The molecule has 0 N–H and O–H groups in total. The lowest BCUT2D eigenvalue weighted by atomic mass is 9.89. The molecule has 1 aliphatic rings. The third kappa shape index (κ3) is 3.85. The lowest BCUT2D eigenvalue weighted by Gasteiger charge is -2.31. The van der Waals surface area contributed by atoms with Crippen LogP contribution < -0.4 is 0 Å². The van der Waals surface area contributed by atoms with E-state index in [0.717, 1.165) is 13.1 Å². The van der Waals surface area contributed by atoms with E-state index >= 15 is 0 Å². The van der Waals surface area contributed by atoms with Crippen LogP contribution in [0.1, 0.15) is 39.2 Å². The number of esters is 1. The van der Waals surface area contributed by atoms with E-state index < -0.39 is 0 Å². The van der Waals surface area contributed by atoms with E-state index in [2.05, 4.69) is 56.2 Å². The maximum Gasteiger partial charge on any atom is 0.310 e. The summed E-state index contributed by atoms with van der Waals surface area (Å²) >= 11 is 1.74. The maximum absolute atomic E-state index is 12.4. The summed E-state index contributed by atoms with van der Waals surface area (Å²) < 4.78 is 5.31. The molecule has 122 valence electrons. The first-order valence-electron chi connectivity index (χ1n) is 7.92. The van der Waals surface area contributed by atoms with E-state index in [-0.39, 0.29) is 23.3 Å². The van der Waals surface area contributed by atoms with Gasteiger partial charge in [0.2, 0.25) is 0 Å². The summed E-state index contributed by atoms with van der Waals surface area (Å²) in [5, 5.41) is 0. The standard InChI is InChI=1S/C18H27NO2S/c1-6-21-17(20)16-12-19(18(2,3)4)11-15(16)13-7-9-14(22-5)10-8-13/h7-10,15-16H,6,11-12H2,1-5H3/t15-,16+/m0/s1. The van der Waals surface area contributed by atoms with Crippen LogP contribution in [0.2, 0.25) is 0 Å². The average Bonchev–Trinajstić information content (AvgIpc) is 2.93. The Labute approximate surface area is 138 Å². The molecule has 1 saturated heterocycles. The number of likely N-dealkylation sites (tertiary alicyclic amines) is 1. The van der Waals surface area contributed by atoms with E-state index in [1.54, 1.807) is 11.8 Å². The smallest absolute Gasteiger partial charge is 0.310 e. The van der Waals surface area contributed by atoms with Gasteiger partial charge in [-0.15, -0.1) is 11.8 Å². The Bertz CT molecular complexity index is 507. The Morgan fingerprint density at radius 3 is 2.41 bits per heavy atom. The van der Waals surface area contributed by atoms with Crippen molar-refractivity contribution in [1.29, 1.82) is 0 Å². The third-order valence-corrected chi connectivity index (χ3v) is 5.15. The number of benzene rings is 1. The van der Waals surface area contributed by atoms with E-state index in [1.165, 1.54) is 10.5 Å². The molecule has 1 aromatic carbocycles. The lowest BCUT2D eigenvalue weighted by Crippen LogP contribution is -2.40. The van der Waals surface area contributed by atoms with Gasteiger partial charge in [0.1, 0.15) is 0 Å². The minimum Gasteiger partial charge on any atom is -0.466 e. The van der Waals surface area contributed by atoms with Crippen LogP contribution in [0.3, 0.4) is 0 Å². The fourth-order valence-electron chi connectivity index (χ4n) is 3.03. The fraction of sp³-hybridized carbons (Fsp3) is 0.611. The number of hydrogen-bond acceptors (Lipinski definition) is 4. The molecular formula is C18H27NO2S. The summed E-state index contributed by atoms with van der Waals surface area (Å²) in [6.07, 6.45) is 2.08. The second-order valence-electron chi connectivity index (χ2n) is 6.81. The fourth-order valence-corrected chi connectivity index (χ4v) is 3.44. The van der Waals surface area contributed by atoms with Crippen LogP contribution in [0.5, 0.6) is 0 Å². The molecule has 1 heterocycles. The van der Waals surface area contributed by atoms with Crippen molar-refractivity contribution in [2.75, 3.05) is 26.0 Å². The first kappa shape index (κ1) is 17.4. The second-order valence-corrected chi connectivity index (χ2v) is 7.69. The molecule has 2 atom stereocenters. The Balaban J connectivity index is 2.25. The average molecular weight is 321 g/mol. The van der Waals surface area contributed by atoms with Gasteiger partial charge in [0, 0.05) is 29.4 Å². The molecule has 0 aromatic heterocycles. The van der Waals surface area contributed by atoms with Gasteiger partial charge in [-0.2, -0.15) is 0 Å². The van der Waals surface area contributed by atoms with Gasteiger partial charge >= 0.3 is 5.97 Å². The predicted molar refractivity (Wildman–Crippen MR) is 92.4 cm³/mol.